The predicted molar refractivity (Wildman–Crippen MR) is 153 cm³/mol. The molecule has 1 aliphatic carbocycles. The number of hydrogen-bond donors (Lipinski definition) is 2. The van der Waals surface area contributed by atoms with Crippen molar-refractivity contribution in [3.8, 4) is 22.3 Å². The first-order chi connectivity index (χ1) is 20.2. The first-order valence-corrected chi connectivity index (χ1v) is 13.7. The van der Waals surface area contributed by atoms with Gasteiger partial charge < -0.3 is 24.6 Å². The molecule has 12 heteroatoms. The normalized spacial score (nSPS) is 19.6. The van der Waals surface area contributed by atoms with Gasteiger partial charge in [0.15, 0.2) is 11.6 Å². The number of anilines is 2. The van der Waals surface area contributed by atoms with Crippen molar-refractivity contribution in [1.29, 1.82) is 0 Å². The lowest BCUT2D eigenvalue weighted by Gasteiger charge is -2.33. The molecule has 10 nitrogen and oxygen atoms in total. The smallest absolute Gasteiger partial charge is 0.341 e. The van der Waals surface area contributed by atoms with E-state index < -0.39 is 23.0 Å². The van der Waals surface area contributed by atoms with Crippen LogP contribution in [-0.4, -0.2) is 83.0 Å². The van der Waals surface area contributed by atoms with Crippen molar-refractivity contribution in [2.24, 2.45) is 7.05 Å². The quantitative estimate of drug-likeness (QED) is 0.334. The Bertz CT molecular complexity index is 1880. The van der Waals surface area contributed by atoms with Crippen LogP contribution in [0.5, 0.6) is 0 Å². The number of halogens is 2. The van der Waals surface area contributed by atoms with Crippen molar-refractivity contribution in [3.05, 3.63) is 69.4 Å². The Labute approximate surface area is 239 Å². The largest absolute Gasteiger partial charge is 0.477 e. The number of benzene rings is 1. The number of nitrogens with one attached hydrogen (secondary N) is 1. The summed E-state index contributed by atoms with van der Waals surface area (Å²) in [5, 5.41) is 12.7. The van der Waals surface area contributed by atoms with E-state index in [0.29, 0.717) is 71.1 Å². The summed E-state index contributed by atoms with van der Waals surface area (Å²) in [6.07, 6.45) is 4.76. The van der Waals surface area contributed by atoms with Crippen LogP contribution in [0.15, 0.2) is 35.5 Å². The number of aryl methyl sites for hydroxylation is 1. The number of aromatic nitrogens is 3. The zero-order chi connectivity index (χ0) is 29.4. The summed E-state index contributed by atoms with van der Waals surface area (Å²) in [6.45, 7) is 2.50. The predicted octanol–water partition coefficient (Wildman–Crippen LogP) is 3.10. The number of fused-ring (bicyclic) bond motifs is 5. The maximum Gasteiger partial charge on any atom is 0.341 e. The average Bonchev–Trinajstić information content (AvgIpc) is 3.59. The van der Waals surface area contributed by atoms with Crippen LogP contribution in [0.3, 0.4) is 0 Å². The molecular weight excluding hydrogens is 546 g/mol. The van der Waals surface area contributed by atoms with Gasteiger partial charge in [0.2, 0.25) is 5.43 Å². The van der Waals surface area contributed by atoms with Crippen LogP contribution >= 0.6 is 0 Å². The topological polar surface area (TPSA) is 113 Å². The average molecular weight is 575 g/mol. The molecule has 2 atom stereocenters. The van der Waals surface area contributed by atoms with E-state index in [4.69, 9.17) is 9.72 Å². The summed E-state index contributed by atoms with van der Waals surface area (Å²) in [5.74, 6) is -3.23. The molecule has 2 aliphatic heterocycles. The van der Waals surface area contributed by atoms with E-state index in [1.807, 2.05) is 7.05 Å². The van der Waals surface area contributed by atoms with E-state index in [1.165, 1.54) is 10.8 Å². The van der Waals surface area contributed by atoms with Crippen LogP contribution in [-0.2, 0) is 18.2 Å². The summed E-state index contributed by atoms with van der Waals surface area (Å²) in [5.41, 5.74) is 3.45. The third kappa shape index (κ3) is 3.82. The van der Waals surface area contributed by atoms with Crippen molar-refractivity contribution in [1.82, 2.24) is 19.4 Å². The number of nitrogens with zero attached hydrogens (tertiary/aromatic N) is 5. The first kappa shape index (κ1) is 26.5. The van der Waals surface area contributed by atoms with Gasteiger partial charge in [0.25, 0.3) is 0 Å². The van der Waals surface area contributed by atoms with Gasteiger partial charge in [-0.05, 0) is 18.7 Å². The monoisotopic (exact) mass is 574 g/mol. The van der Waals surface area contributed by atoms with Crippen LogP contribution in [0.1, 0.15) is 21.6 Å². The molecule has 0 bridgehead atoms. The molecule has 1 aromatic carbocycles. The molecule has 4 aromatic rings. The van der Waals surface area contributed by atoms with E-state index in [9.17, 15) is 19.1 Å². The summed E-state index contributed by atoms with van der Waals surface area (Å²) in [4.78, 5) is 38.5. The van der Waals surface area contributed by atoms with Crippen molar-refractivity contribution in [3.63, 3.8) is 0 Å². The standard InChI is InChI=1S/C30H28F2N6O4/c1-33-20-8-19(31)26(32)24-15(20)7-21-25(24)27(38-12-22-23(13-38)42-5-4-36(22)2)17(10-34-21)14-6-16-28(39)18(30(40)41)11-37(3)29(16)35-9-14/h6,8-11,22-23,33H,4-5,7,12-13H2,1-3H3,(H,40,41)/t22-,23-/m0/s1. The van der Waals surface area contributed by atoms with Gasteiger partial charge in [-0.2, -0.15) is 0 Å². The van der Waals surface area contributed by atoms with Crippen molar-refractivity contribution in [2.45, 2.75) is 18.6 Å². The summed E-state index contributed by atoms with van der Waals surface area (Å²) >= 11 is 0. The highest BCUT2D eigenvalue weighted by atomic mass is 19.2. The second-order valence-electron chi connectivity index (χ2n) is 11.1. The van der Waals surface area contributed by atoms with Crippen LogP contribution < -0.4 is 15.6 Å². The lowest BCUT2D eigenvalue weighted by atomic mass is 9.97. The summed E-state index contributed by atoms with van der Waals surface area (Å²) < 4.78 is 38.2. The molecule has 2 fully saturated rings. The Morgan fingerprint density at radius 3 is 2.69 bits per heavy atom. The number of morpholine rings is 1. The number of aromatic carboxylic acids is 1. The number of rotatable bonds is 4. The molecule has 2 N–H and O–H groups in total. The molecule has 0 saturated carbocycles. The highest BCUT2D eigenvalue weighted by Crippen LogP contribution is 2.50. The zero-order valence-corrected chi connectivity index (χ0v) is 23.2. The fourth-order valence-electron chi connectivity index (χ4n) is 6.68. The fraction of sp³-hybridized carbons (Fsp3) is 0.333. The Morgan fingerprint density at radius 1 is 1.14 bits per heavy atom. The third-order valence-electron chi connectivity index (χ3n) is 8.77. The lowest BCUT2D eigenvalue weighted by Crippen LogP contribution is -2.48. The van der Waals surface area contributed by atoms with Crippen molar-refractivity contribution in [2.75, 3.05) is 50.6 Å². The molecule has 7 rings (SSSR count). The second-order valence-corrected chi connectivity index (χ2v) is 11.1. The SMILES string of the molecule is CNc1cc(F)c(F)c2c1Cc1ncc(-c3cnc4c(c3)c(=O)c(C(=O)O)cn4C)c(N3C[C@@H]4OCCN(C)[C@H]4C3)c1-2. The summed E-state index contributed by atoms with van der Waals surface area (Å²) in [7, 11) is 5.34. The van der Waals surface area contributed by atoms with Crippen molar-refractivity contribution < 1.29 is 23.4 Å². The van der Waals surface area contributed by atoms with Gasteiger partial charge in [-0.25, -0.2) is 18.6 Å². The van der Waals surface area contributed by atoms with E-state index in [0.717, 1.165) is 12.6 Å². The second kappa shape index (κ2) is 9.57. The molecule has 0 spiro atoms. The number of carboxylic acids is 1. The number of carbonyl (C=O) groups is 1. The first-order valence-electron chi connectivity index (χ1n) is 13.7. The molecule has 5 heterocycles. The Kier molecular flexibility index (Phi) is 6.03. The number of pyridine rings is 3. The molecule has 0 radical (unpaired) electrons. The summed E-state index contributed by atoms with van der Waals surface area (Å²) in [6, 6.07) is 2.87. The van der Waals surface area contributed by atoms with Crippen LogP contribution in [0, 0.1) is 11.6 Å². The van der Waals surface area contributed by atoms with Gasteiger partial charge in [-0.15, -0.1) is 0 Å². The Balaban J connectivity index is 1.50. The molecule has 42 heavy (non-hydrogen) atoms. The molecule has 0 unspecified atom stereocenters. The van der Waals surface area contributed by atoms with Gasteiger partial charge in [0.1, 0.15) is 11.2 Å². The number of likely N-dealkylation sites (N-methyl/N-ethyl adjacent to an activating group) is 1. The number of carboxylic acid groups (broad SMARTS) is 1. The minimum atomic E-state index is -1.33. The van der Waals surface area contributed by atoms with Crippen molar-refractivity contribution >= 4 is 28.4 Å². The van der Waals surface area contributed by atoms with Gasteiger partial charge >= 0.3 is 5.97 Å². The highest BCUT2D eigenvalue weighted by Gasteiger charge is 2.42. The Morgan fingerprint density at radius 2 is 1.95 bits per heavy atom. The maximum atomic E-state index is 15.7. The fourth-order valence-corrected chi connectivity index (χ4v) is 6.68. The highest BCUT2D eigenvalue weighted by molar-refractivity contribution is 5.98. The van der Waals surface area contributed by atoms with Crippen LogP contribution in [0.25, 0.3) is 33.3 Å². The third-order valence-corrected chi connectivity index (χ3v) is 8.77. The molecular formula is C30H28F2N6O4. The molecule has 0 amide bonds. The minimum absolute atomic E-state index is 0.0772. The number of ether oxygens (including phenoxy) is 1. The number of hydrogen-bond acceptors (Lipinski definition) is 8. The van der Waals surface area contributed by atoms with Crippen LogP contribution in [0.4, 0.5) is 20.2 Å². The Hall–Kier alpha value is -4.42. The van der Waals surface area contributed by atoms with E-state index >= 15 is 4.39 Å². The van der Waals surface area contributed by atoms with Gasteiger partial charge in [-0.1, -0.05) is 0 Å². The van der Waals surface area contributed by atoms with E-state index in [-0.39, 0.29) is 28.7 Å². The van der Waals surface area contributed by atoms with Gasteiger partial charge in [0, 0.05) is 92.7 Å². The van der Waals surface area contributed by atoms with Crippen LogP contribution in [0.2, 0.25) is 0 Å². The van der Waals surface area contributed by atoms with E-state index in [2.05, 4.69) is 20.1 Å². The zero-order valence-electron chi connectivity index (χ0n) is 23.2. The minimum Gasteiger partial charge on any atom is -0.477 e. The molecule has 3 aromatic heterocycles. The van der Waals surface area contributed by atoms with E-state index in [1.54, 1.807) is 32.6 Å². The molecule has 216 valence electrons. The maximum absolute atomic E-state index is 15.7. The molecule has 2 saturated heterocycles. The lowest BCUT2D eigenvalue weighted by molar-refractivity contribution is -0.0362. The van der Waals surface area contributed by atoms with Gasteiger partial charge in [-0.3, -0.25) is 14.7 Å². The van der Waals surface area contributed by atoms with Gasteiger partial charge in [0.05, 0.1) is 35.5 Å². The molecule has 3 aliphatic rings.